The molecule has 0 spiro atoms. The maximum atomic E-state index is 11.0. The molecule has 1 saturated heterocycles. The summed E-state index contributed by atoms with van der Waals surface area (Å²) in [5, 5.41) is 15.4. The second kappa shape index (κ2) is 7.32. The Labute approximate surface area is 173 Å². The minimum absolute atomic E-state index is 0.0954. The Morgan fingerprint density at radius 1 is 1.18 bits per heavy atom. The number of aromatic nitrogens is 3. The lowest BCUT2D eigenvalue weighted by Crippen LogP contribution is -2.39. The van der Waals surface area contributed by atoms with Gasteiger partial charge in [-0.1, -0.05) is 39.4 Å². The first-order valence-electron chi connectivity index (χ1n) is 8.90. The van der Waals surface area contributed by atoms with Crippen molar-refractivity contribution in [2.24, 2.45) is 0 Å². The van der Waals surface area contributed by atoms with Crippen LogP contribution in [0, 0.1) is 0 Å². The second-order valence-corrected chi connectivity index (χ2v) is 8.43. The van der Waals surface area contributed by atoms with E-state index >= 15 is 0 Å². The Kier molecular flexibility index (Phi) is 4.67. The molecule has 28 heavy (non-hydrogen) atoms. The van der Waals surface area contributed by atoms with Crippen LogP contribution in [0.5, 0.6) is 5.88 Å². The van der Waals surface area contributed by atoms with Crippen molar-refractivity contribution in [3.8, 4) is 17.5 Å². The van der Waals surface area contributed by atoms with Gasteiger partial charge in [-0.3, -0.25) is 4.90 Å². The maximum Gasteiger partial charge on any atom is 0.230 e. The van der Waals surface area contributed by atoms with Gasteiger partial charge in [0.1, 0.15) is 0 Å². The molecule has 0 amide bonds. The molecule has 0 unspecified atom stereocenters. The van der Waals surface area contributed by atoms with E-state index in [0.717, 1.165) is 28.0 Å². The van der Waals surface area contributed by atoms with E-state index in [1.807, 2.05) is 12.1 Å². The quantitative estimate of drug-likeness (QED) is 0.496. The number of hydrogen-bond donors (Lipinski definition) is 1. The summed E-state index contributed by atoms with van der Waals surface area (Å²) in [5.74, 6) is 1.15. The predicted octanol–water partition coefficient (Wildman–Crippen LogP) is 3.94. The monoisotopic (exact) mass is 460 g/mol. The zero-order chi connectivity index (χ0) is 19.1. The van der Waals surface area contributed by atoms with E-state index in [4.69, 9.17) is 9.15 Å². The molecule has 144 valence electrons. The summed E-state index contributed by atoms with van der Waals surface area (Å²) in [6.07, 6.45) is 1.58. The molecule has 1 aromatic carbocycles. The average molecular weight is 461 g/mol. The zero-order valence-electron chi connectivity index (χ0n) is 14.8. The molecule has 0 radical (unpaired) electrons. The van der Waals surface area contributed by atoms with Gasteiger partial charge in [0.05, 0.1) is 30.4 Å². The normalized spacial score (nSPS) is 16.6. The van der Waals surface area contributed by atoms with Crippen LogP contribution in [0.25, 0.3) is 16.5 Å². The van der Waals surface area contributed by atoms with Gasteiger partial charge in [-0.2, -0.15) is 9.50 Å². The molecule has 1 fully saturated rings. The molecule has 0 saturated carbocycles. The minimum atomic E-state index is -0.0954. The number of rotatable bonds is 4. The number of hydrogen-bond acceptors (Lipinski definition) is 7. The molecule has 1 N–H and O–H groups in total. The molecule has 0 bridgehead atoms. The van der Waals surface area contributed by atoms with E-state index in [1.165, 1.54) is 15.9 Å². The number of thiazole rings is 1. The molecular formula is C19H17BrN4O3S. The number of halogens is 1. The van der Waals surface area contributed by atoms with Crippen LogP contribution in [0.15, 0.2) is 51.6 Å². The molecule has 1 aliphatic heterocycles. The lowest BCUT2D eigenvalue weighted by atomic mass is 10.0. The van der Waals surface area contributed by atoms with Gasteiger partial charge >= 0.3 is 0 Å². The van der Waals surface area contributed by atoms with E-state index in [1.54, 1.807) is 18.4 Å². The molecule has 3 aromatic heterocycles. The van der Waals surface area contributed by atoms with Crippen molar-refractivity contribution in [3.63, 3.8) is 0 Å². The number of fused-ring (bicyclic) bond motifs is 1. The Hall–Kier alpha value is -2.20. The Balaban J connectivity index is 1.60. The summed E-state index contributed by atoms with van der Waals surface area (Å²) in [5.41, 5.74) is 1.10. The Morgan fingerprint density at radius 2 is 2.04 bits per heavy atom. The van der Waals surface area contributed by atoms with Gasteiger partial charge in [0.2, 0.25) is 16.7 Å². The van der Waals surface area contributed by atoms with E-state index < -0.39 is 0 Å². The third kappa shape index (κ3) is 3.14. The van der Waals surface area contributed by atoms with Crippen molar-refractivity contribution in [2.45, 2.75) is 6.04 Å². The molecule has 4 heterocycles. The number of nitrogens with zero attached hydrogens (tertiary/aromatic N) is 4. The summed E-state index contributed by atoms with van der Waals surface area (Å²) in [7, 11) is 0. The van der Waals surface area contributed by atoms with E-state index in [-0.39, 0.29) is 11.9 Å². The lowest BCUT2D eigenvalue weighted by Gasteiger charge is -2.34. The molecular weight excluding hydrogens is 444 g/mol. The van der Waals surface area contributed by atoms with Gasteiger partial charge in [-0.15, -0.1) is 5.10 Å². The van der Waals surface area contributed by atoms with Gasteiger partial charge in [0.25, 0.3) is 0 Å². The van der Waals surface area contributed by atoms with Crippen molar-refractivity contribution in [3.05, 3.63) is 57.6 Å². The van der Waals surface area contributed by atoms with Crippen LogP contribution in [-0.4, -0.2) is 50.9 Å². The van der Waals surface area contributed by atoms with Crippen molar-refractivity contribution < 1.29 is 14.3 Å². The van der Waals surface area contributed by atoms with Crippen LogP contribution in [0.4, 0.5) is 0 Å². The molecule has 1 aliphatic rings. The number of aromatic hydroxyl groups is 1. The SMILES string of the molecule is Oc1c([C@@H](c2cccc(Br)c2)N2CCOCC2)sc2nc(-c3ccco3)nn12. The number of benzene rings is 1. The van der Waals surface area contributed by atoms with Crippen LogP contribution < -0.4 is 0 Å². The van der Waals surface area contributed by atoms with E-state index in [0.29, 0.717) is 29.8 Å². The van der Waals surface area contributed by atoms with Crippen molar-refractivity contribution in [1.29, 1.82) is 0 Å². The molecule has 4 aromatic rings. The average Bonchev–Trinajstić information content (AvgIpc) is 3.42. The van der Waals surface area contributed by atoms with Crippen molar-refractivity contribution in [1.82, 2.24) is 19.5 Å². The molecule has 7 nitrogen and oxygen atoms in total. The molecule has 0 aliphatic carbocycles. The standard InChI is InChI=1S/C19H17BrN4O3S/c20-13-4-1-3-12(11-13)15(23-6-9-26-10-7-23)16-18(25)24-19(28-16)21-17(22-24)14-5-2-8-27-14/h1-5,8,11,15,25H,6-7,9-10H2/t15-/m1/s1. The summed E-state index contributed by atoms with van der Waals surface area (Å²) in [6, 6.07) is 11.7. The summed E-state index contributed by atoms with van der Waals surface area (Å²) >= 11 is 5.01. The highest BCUT2D eigenvalue weighted by atomic mass is 79.9. The molecule has 9 heteroatoms. The first kappa shape index (κ1) is 17.9. The van der Waals surface area contributed by atoms with E-state index in [2.05, 4.69) is 43.0 Å². The van der Waals surface area contributed by atoms with Crippen LogP contribution in [0.3, 0.4) is 0 Å². The summed E-state index contributed by atoms with van der Waals surface area (Å²) in [4.78, 5) is 8.31. The van der Waals surface area contributed by atoms with Crippen molar-refractivity contribution >= 4 is 32.2 Å². The van der Waals surface area contributed by atoms with Gasteiger partial charge in [0.15, 0.2) is 5.76 Å². The summed E-state index contributed by atoms with van der Waals surface area (Å²) in [6.45, 7) is 2.94. The minimum Gasteiger partial charge on any atom is -0.492 e. The third-order valence-corrected chi connectivity index (χ3v) is 6.33. The number of furan rings is 1. The third-order valence-electron chi connectivity index (χ3n) is 4.76. The second-order valence-electron chi connectivity index (χ2n) is 6.50. The van der Waals surface area contributed by atoms with Crippen LogP contribution in [-0.2, 0) is 4.74 Å². The largest absolute Gasteiger partial charge is 0.492 e. The fourth-order valence-corrected chi connectivity index (χ4v) is 5.01. The highest BCUT2D eigenvalue weighted by molar-refractivity contribution is 9.10. The van der Waals surface area contributed by atoms with Crippen LogP contribution >= 0.6 is 27.3 Å². The highest BCUT2D eigenvalue weighted by Crippen LogP contribution is 2.41. The fraction of sp³-hybridized carbons (Fsp3) is 0.263. The first-order chi connectivity index (χ1) is 13.7. The molecule has 1 atom stereocenters. The van der Waals surface area contributed by atoms with Gasteiger partial charge in [-0.25, -0.2) is 0 Å². The van der Waals surface area contributed by atoms with E-state index in [9.17, 15) is 5.11 Å². The predicted molar refractivity (Wildman–Crippen MR) is 109 cm³/mol. The van der Waals surface area contributed by atoms with Gasteiger partial charge < -0.3 is 14.3 Å². The number of morpholine rings is 1. The van der Waals surface area contributed by atoms with Gasteiger partial charge in [-0.05, 0) is 29.8 Å². The maximum absolute atomic E-state index is 11.0. The molecule has 5 rings (SSSR count). The number of ether oxygens (including phenoxy) is 1. The highest BCUT2D eigenvalue weighted by Gasteiger charge is 2.31. The first-order valence-corrected chi connectivity index (χ1v) is 10.5. The summed E-state index contributed by atoms with van der Waals surface area (Å²) < 4.78 is 13.4. The van der Waals surface area contributed by atoms with Crippen molar-refractivity contribution in [2.75, 3.05) is 26.3 Å². The smallest absolute Gasteiger partial charge is 0.230 e. The van der Waals surface area contributed by atoms with Crippen LogP contribution in [0.1, 0.15) is 16.5 Å². The van der Waals surface area contributed by atoms with Crippen LogP contribution in [0.2, 0.25) is 0 Å². The van der Waals surface area contributed by atoms with Gasteiger partial charge in [0, 0.05) is 17.6 Å². The zero-order valence-corrected chi connectivity index (χ0v) is 17.2. The Bertz CT molecular complexity index is 1100. The lowest BCUT2D eigenvalue weighted by molar-refractivity contribution is 0.0241. The topological polar surface area (TPSA) is 76.0 Å². The Morgan fingerprint density at radius 3 is 2.75 bits per heavy atom. The fourth-order valence-electron chi connectivity index (χ4n) is 3.48.